The lowest BCUT2D eigenvalue weighted by atomic mass is 9.98. The molecule has 9 heteroatoms. The Morgan fingerprint density at radius 1 is 1.65 bits per heavy atom. The van der Waals surface area contributed by atoms with E-state index < -0.39 is 10.0 Å². The molecule has 8 nitrogen and oxygen atoms in total. The van der Waals surface area contributed by atoms with Gasteiger partial charge in [-0.25, -0.2) is 13.1 Å². The summed E-state index contributed by atoms with van der Waals surface area (Å²) in [6.07, 6.45) is 2.88. The van der Waals surface area contributed by atoms with Crippen LogP contribution in [-0.4, -0.2) is 55.3 Å². The first kappa shape index (κ1) is 14.8. The molecular weight excluding hydrogens is 282 g/mol. The number of nitrogen functional groups attached to an aromatic ring is 1. The molecule has 4 N–H and O–H groups in total. The number of aromatic amines is 1. The molecule has 1 aromatic heterocycles. The van der Waals surface area contributed by atoms with Gasteiger partial charge in [0.15, 0.2) is 0 Å². The number of piperidine rings is 1. The van der Waals surface area contributed by atoms with Crippen LogP contribution in [0.1, 0.15) is 23.3 Å². The van der Waals surface area contributed by atoms with E-state index in [0.717, 1.165) is 19.1 Å². The van der Waals surface area contributed by atoms with Crippen LogP contribution < -0.4 is 10.5 Å². The van der Waals surface area contributed by atoms with E-state index in [1.165, 1.54) is 6.07 Å². The van der Waals surface area contributed by atoms with Gasteiger partial charge in [-0.15, -0.1) is 0 Å². The average molecular weight is 301 g/mol. The van der Waals surface area contributed by atoms with Crippen molar-refractivity contribution in [3.63, 3.8) is 0 Å². The number of nitrogens with two attached hydrogens (primary N) is 1. The van der Waals surface area contributed by atoms with E-state index in [0.29, 0.717) is 25.3 Å². The fourth-order valence-electron chi connectivity index (χ4n) is 2.30. The van der Waals surface area contributed by atoms with Gasteiger partial charge in [0.1, 0.15) is 11.5 Å². The molecule has 1 fully saturated rings. The second kappa shape index (κ2) is 5.80. The van der Waals surface area contributed by atoms with Crippen LogP contribution in [0.4, 0.5) is 5.82 Å². The van der Waals surface area contributed by atoms with Crippen molar-refractivity contribution in [1.29, 1.82) is 0 Å². The highest BCUT2D eigenvalue weighted by Gasteiger charge is 2.25. The van der Waals surface area contributed by atoms with E-state index in [-0.39, 0.29) is 17.6 Å². The monoisotopic (exact) mass is 301 g/mol. The molecule has 0 aliphatic carbocycles. The Morgan fingerprint density at radius 3 is 3.00 bits per heavy atom. The summed E-state index contributed by atoms with van der Waals surface area (Å²) in [6, 6.07) is 1.50. The molecule has 0 bridgehead atoms. The summed E-state index contributed by atoms with van der Waals surface area (Å²) in [7, 11) is -3.20. The lowest BCUT2D eigenvalue weighted by Gasteiger charge is -2.32. The Bertz CT molecular complexity index is 583. The number of hydrogen-bond acceptors (Lipinski definition) is 5. The number of nitrogens with one attached hydrogen (secondary N) is 2. The van der Waals surface area contributed by atoms with Crippen LogP contribution in [0.25, 0.3) is 0 Å². The average Bonchev–Trinajstić information content (AvgIpc) is 2.82. The van der Waals surface area contributed by atoms with Crippen molar-refractivity contribution in [1.82, 2.24) is 19.8 Å². The minimum absolute atomic E-state index is 0.127. The van der Waals surface area contributed by atoms with Gasteiger partial charge in [-0.2, -0.15) is 5.10 Å². The lowest BCUT2D eigenvalue weighted by molar-refractivity contribution is 0.0670. The van der Waals surface area contributed by atoms with E-state index in [4.69, 9.17) is 5.73 Å². The number of likely N-dealkylation sites (tertiary alicyclic amines) is 1. The standard InChI is InChI=1S/C11H19N5O3S/c1-20(18,19)13-6-8-3-2-4-16(7-8)11(17)9-5-10(12)15-14-9/h5,8,13H,2-4,6-7H2,1H3,(H3,12,14,15). The van der Waals surface area contributed by atoms with Crippen LogP contribution in [0.2, 0.25) is 0 Å². The van der Waals surface area contributed by atoms with Crippen LogP contribution in [0.15, 0.2) is 6.07 Å². The topological polar surface area (TPSA) is 121 Å². The third-order valence-electron chi connectivity index (χ3n) is 3.27. The van der Waals surface area contributed by atoms with Crippen LogP contribution >= 0.6 is 0 Å². The molecule has 0 saturated carbocycles. The predicted octanol–water partition coefficient (Wildman–Crippen LogP) is -0.607. The van der Waals surface area contributed by atoms with Crippen LogP contribution in [-0.2, 0) is 10.0 Å². The number of hydrogen-bond donors (Lipinski definition) is 3. The van der Waals surface area contributed by atoms with Gasteiger partial charge < -0.3 is 10.6 Å². The molecule has 1 amide bonds. The summed E-state index contributed by atoms with van der Waals surface area (Å²) >= 11 is 0. The Morgan fingerprint density at radius 2 is 2.40 bits per heavy atom. The third-order valence-corrected chi connectivity index (χ3v) is 3.96. The first-order chi connectivity index (χ1) is 9.35. The first-order valence-electron chi connectivity index (χ1n) is 6.40. The fraction of sp³-hybridized carbons (Fsp3) is 0.636. The van der Waals surface area contributed by atoms with Gasteiger partial charge in [0, 0.05) is 25.7 Å². The van der Waals surface area contributed by atoms with E-state index in [1.807, 2.05) is 0 Å². The van der Waals surface area contributed by atoms with Crippen molar-refractivity contribution in [3.8, 4) is 0 Å². The quantitative estimate of drug-likeness (QED) is 0.685. The van der Waals surface area contributed by atoms with E-state index in [2.05, 4.69) is 14.9 Å². The van der Waals surface area contributed by atoms with Gasteiger partial charge in [0.25, 0.3) is 5.91 Å². The van der Waals surface area contributed by atoms with Gasteiger partial charge >= 0.3 is 0 Å². The van der Waals surface area contributed by atoms with Crippen molar-refractivity contribution in [2.75, 3.05) is 31.6 Å². The molecule has 1 saturated heterocycles. The molecule has 1 aromatic rings. The highest BCUT2D eigenvalue weighted by molar-refractivity contribution is 7.88. The summed E-state index contributed by atoms with van der Waals surface area (Å²) < 4.78 is 24.7. The van der Waals surface area contributed by atoms with Gasteiger partial charge in [0.05, 0.1) is 6.26 Å². The summed E-state index contributed by atoms with van der Waals surface area (Å²) in [5, 5.41) is 6.33. The number of anilines is 1. The van der Waals surface area contributed by atoms with Crippen molar-refractivity contribution in [3.05, 3.63) is 11.8 Å². The maximum Gasteiger partial charge on any atom is 0.271 e. The SMILES string of the molecule is CS(=O)(=O)NCC1CCCN(C(=O)c2cc(N)n[nH]2)C1. The number of amides is 1. The lowest BCUT2D eigenvalue weighted by Crippen LogP contribution is -2.43. The molecule has 0 spiro atoms. The third kappa shape index (κ3) is 3.94. The van der Waals surface area contributed by atoms with Crippen molar-refractivity contribution in [2.45, 2.75) is 12.8 Å². The molecule has 1 atom stereocenters. The smallest absolute Gasteiger partial charge is 0.271 e. The normalized spacial score (nSPS) is 20.1. The van der Waals surface area contributed by atoms with Crippen molar-refractivity contribution >= 4 is 21.7 Å². The molecule has 2 rings (SSSR count). The number of H-pyrrole nitrogens is 1. The largest absolute Gasteiger partial charge is 0.382 e. The second-order valence-corrected chi connectivity index (χ2v) is 6.92. The van der Waals surface area contributed by atoms with Gasteiger partial charge in [-0.3, -0.25) is 9.89 Å². The maximum atomic E-state index is 12.2. The molecule has 1 unspecified atom stereocenters. The number of rotatable bonds is 4. The zero-order valence-corrected chi connectivity index (χ0v) is 12.1. The minimum atomic E-state index is -3.20. The van der Waals surface area contributed by atoms with Crippen molar-refractivity contribution < 1.29 is 13.2 Å². The van der Waals surface area contributed by atoms with Gasteiger partial charge in [-0.05, 0) is 18.8 Å². The number of nitrogens with zero attached hydrogens (tertiary/aromatic N) is 2. The Kier molecular flexibility index (Phi) is 4.29. The summed E-state index contributed by atoms with van der Waals surface area (Å²) in [5.74, 6) is 0.251. The Balaban J connectivity index is 1.94. The predicted molar refractivity (Wildman–Crippen MR) is 74.5 cm³/mol. The Hall–Kier alpha value is -1.61. The number of carbonyl (C=O) groups is 1. The molecule has 2 heterocycles. The van der Waals surface area contributed by atoms with Crippen LogP contribution in [0.5, 0.6) is 0 Å². The molecule has 112 valence electrons. The zero-order chi connectivity index (χ0) is 14.8. The number of sulfonamides is 1. The van der Waals surface area contributed by atoms with E-state index in [1.54, 1.807) is 4.90 Å². The molecule has 1 aliphatic heterocycles. The van der Waals surface area contributed by atoms with E-state index >= 15 is 0 Å². The number of aromatic nitrogens is 2. The fourth-order valence-corrected chi connectivity index (χ4v) is 2.84. The minimum Gasteiger partial charge on any atom is -0.382 e. The molecule has 0 aromatic carbocycles. The second-order valence-electron chi connectivity index (χ2n) is 5.09. The zero-order valence-electron chi connectivity index (χ0n) is 11.3. The molecular formula is C11H19N5O3S. The van der Waals surface area contributed by atoms with Gasteiger partial charge in [-0.1, -0.05) is 0 Å². The van der Waals surface area contributed by atoms with Crippen LogP contribution in [0.3, 0.4) is 0 Å². The summed E-state index contributed by atoms with van der Waals surface area (Å²) in [6.45, 7) is 1.54. The van der Waals surface area contributed by atoms with E-state index in [9.17, 15) is 13.2 Å². The molecule has 1 aliphatic rings. The Labute approximate surface area is 117 Å². The van der Waals surface area contributed by atoms with Gasteiger partial charge in [0.2, 0.25) is 10.0 Å². The van der Waals surface area contributed by atoms with Crippen molar-refractivity contribution in [2.24, 2.45) is 5.92 Å². The summed E-state index contributed by atoms with van der Waals surface area (Å²) in [4.78, 5) is 13.9. The summed E-state index contributed by atoms with van der Waals surface area (Å²) in [5.41, 5.74) is 5.84. The van der Waals surface area contributed by atoms with Crippen LogP contribution in [0, 0.1) is 5.92 Å². The highest BCUT2D eigenvalue weighted by atomic mass is 32.2. The number of carbonyl (C=O) groups excluding carboxylic acids is 1. The molecule has 0 radical (unpaired) electrons. The maximum absolute atomic E-state index is 12.2. The molecule has 20 heavy (non-hydrogen) atoms. The highest BCUT2D eigenvalue weighted by Crippen LogP contribution is 2.18. The first-order valence-corrected chi connectivity index (χ1v) is 8.29.